The van der Waals surface area contributed by atoms with E-state index in [0.717, 1.165) is 0 Å². The van der Waals surface area contributed by atoms with Crippen LogP contribution in [0.15, 0.2) is 60.4 Å². The van der Waals surface area contributed by atoms with Gasteiger partial charge < -0.3 is 5.11 Å². The molecule has 1 atom stereocenters. The van der Waals surface area contributed by atoms with Crippen molar-refractivity contribution in [1.82, 2.24) is 9.97 Å². The molecule has 0 saturated carbocycles. The summed E-state index contributed by atoms with van der Waals surface area (Å²) in [6.07, 6.45) is 5.00. The van der Waals surface area contributed by atoms with Gasteiger partial charge in [-0.25, -0.2) is 4.98 Å². The zero-order chi connectivity index (χ0) is 14.0. The van der Waals surface area contributed by atoms with E-state index in [1.165, 1.54) is 11.3 Å². The molecule has 100 valence electrons. The van der Waals surface area contributed by atoms with Gasteiger partial charge in [0.25, 0.3) is 0 Å². The second-order valence-electron chi connectivity index (χ2n) is 4.30. The fraction of sp³-hybridized carbons (Fsp3) is 0.0667. The summed E-state index contributed by atoms with van der Waals surface area (Å²) in [5.41, 5.74) is 0.0784. The summed E-state index contributed by atoms with van der Waals surface area (Å²) in [6.45, 7) is 0. The third-order valence-corrected chi connectivity index (χ3v) is 4.22. The van der Waals surface area contributed by atoms with Gasteiger partial charge in [0.1, 0.15) is 5.01 Å². The van der Waals surface area contributed by atoms with Gasteiger partial charge in [-0.3, -0.25) is 4.98 Å². The molecule has 3 rings (SSSR count). The number of pyridine rings is 1. The lowest BCUT2D eigenvalue weighted by Crippen LogP contribution is -2.28. The summed E-state index contributed by atoms with van der Waals surface area (Å²) >= 11 is 7.33. The highest BCUT2D eigenvalue weighted by Gasteiger charge is 2.36. The van der Waals surface area contributed by atoms with Gasteiger partial charge in [-0.1, -0.05) is 29.8 Å². The largest absolute Gasteiger partial charge is 0.374 e. The van der Waals surface area contributed by atoms with Gasteiger partial charge in [-0.2, -0.15) is 0 Å². The van der Waals surface area contributed by atoms with E-state index in [1.807, 2.05) is 11.4 Å². The van der Waals surface area contributed by atoms with E-state index in [9.17, 15) is 5.11 Å². The highest BCUT2D eigenvalue weighted by atomic mass is 35.5. The van der Waals surface area contributed by atoms with Crippen LogP contribution < -0.4 is 0 Å². The van der Waals surface area contributed by atoms with Gasteiger partial charge in [0, 0.05) is 34.6 Å². The topological polar surface area (TPSA) is 46.0 Å². The number of aromatic nitrogens is 2. The van der Waals surface area contributed by atoms with E-state index in [4.69, 9.17) is 11.6 Å². The van der Waals surface area contributed by atoms with E-state index in [1.54, 1.807) is 48.9 Å². The summed E-state index contributed by atoms with van der Waals surface area (Å²) in [5, 5.41) is 14.3. The van der Waals surface area contributed by atoms with Crippen LogP contribution in [0.3, 0.4) is 0 Å². The quantitative estimate of drug-likeness (QED) is 0.806. The van der Waals surface area contributed by atoms with Gasteiger partial charge in [0.2, 0.25) is 0 Å². The molecule has 2 heterocycles. The molecule has 0 fully saturated rings. The summed E-state index contributed by atoms with van der Waals surface area (Å²) in [6, 6.07) is 10.7. The van der Waals surface area contributed by atoms with Crippen LogP contribution in [0.4, 0.5) is 0 Å². The second kappa shape index (κ2) is 5.32. The number of benzene rings is 1. The third-order valence-electron chi connectivity index (χ3n) is 3.08. The van der Waals surface area contributed by atoms with Crippen LogP contribution in [-0.4, -0.2) is 15.1 Å². The van der Waals surface area contributed by atoms with Crippen LogP contribution in [0.5, 0.6) is 0 Å². The van der Waals surface area contributed by atoms with Crippen LogP contribution in [-0.2, 0) is 5.60 Å². The Morgan fingerprint density at radius 1 is 1.05 bits per heavy atom. The predicted octanol–water partition coefficient (Wildman–Crippen LogP) is 3.48. The molecular formula is C15H11ClN2OS. The minimum absolute atomic E-state index is 0.604. The first-order chi connectivity index (χ1) is 9.71. The third kappa shape index (κ3) is 2.22. The molecule has 0 spiro atoms. The lowest BCUT2D eigenvalue weighted by atomic mass is 9.88. The standard InChI is InChI=1S/C15H11ClN2OS/c16-13-5-3-11(4-6-13)15(19,14-18-8-9-20-14)12-2-1-7-17-10-12/h1-10,19H. The number of hydrogen-bond donors (Lipinski definition) is 1. The Bertz CT molecular complexity index is 686. The summed E-state index contributed by atoms with van der Waals surface area (Å²) in [4.78, 5) is 8.37. The van der Waals surface area contributed by atoms with Crippen molar-refractivity contribution in [2.45, 2.75) is 5.60 Å². The number of thiazole rings is 1. The molecule has 3 nitrogen and oxygen atoms in total. The molecule has 0 aliphatic rings. The molecule has 0 saturated heterocycles. The molecule has 0 aliphatic heterocycles. The summed E-state index contributed by atoms with van der Waals surface area (Å²) < 4.78 is 0. The monoisotopic (exact) mass is 302 g/mol. The van der Waals surface area contributed by atoms with Gasteiger partial charge in [-0.05, 0) is 23.8 Å². The Morgan fingerprint density at radius 2 is 1.85 bits per heavy atom. The molecule has 5 heteroatoms. The van der Waals surface area contributed by atoms with Gasteiger partial charge >= 0.3 is 0 Å². The van der Waals surface area contributed by atoms with Crippen molar-refractivity contribution in [1.29, 1.82) is 0 Å². The molecule has 0 aliphatic carbocycles. The first-order valence-corrected chi connectivity index (χ1v) is 7.26. The zero-order valence-electron chi connectivity index (χ0n) is 10.4. The smallest absolute Gasteiger partial charge is 0.168 e. The average Bonchev–Trinajstić information content (AvgIpc) is 3.03. The first kappa shape index (κ1) is 13.2. The fourth-order valence-electron chi connectivity index (χ4n) is 2.08. The van der Waals surface area contributed by atoms with E-state index in [-0.39, 0.29) is 0 Å². The van der Waals surface area contributed by atoms with Crippen LogP contribution in [0.25, 0.3) is 0 Å². The zero-order valence-corrected chi connectivity index (χ0v) is 12.0. The fourth-order valence-corrected chi connectivity index (χ4v) is 2.99. The van der Waals surface area contributed by atoms with Crippen LogP contribution >= 0.6 is 22.9 Å². The molecule has 20 heavy (non-hydrogen) atoms. The van der Waals surface area contributed by atoms with Crippen molar-refractivity contribution in [2.75, 3.05) is 0 Å². The molecule has 2 aromatic heterocycles. The Labute approximate surface area is 125 Å². The van der Waals surface area contributed by atoms with E-state index in [0.29, 0.717) is 21.2 Å². The maximum absolute atomic E-state index is 11.3. The SMILES string of the molecule is OC(c1ccc(Cl)cc1)(c1cccnc1)c1nccs1. The highest BCUT2D eigenvalue weighted by Crippen LogP contribution is 2.37. The van der Waals surface area contributed by atoms with Crippen LogP contribution in [0.1, 0.15) is 16.1 Å². The van der Waals surface area contributed by atoms with Crippen LogP contribution in [0, 0.1) is 0 Å². The summed E-state index contributed by atoms with van der Waals surface area (Å²) in [5.74, 6) is 0. The number of nitrogens with zero attached hydrogens (tertiary/aromatic N) is 2. The highest BCUT2D eigenvalue weighted by molar-refractivity contribution is 7.09. The molecule has 1 unspecified atom stereocenters. The number of aliphatic hydroxyl groups is 1. The van der Waals surface area contributed by atoms with Crippen molar-refractivity contribution in [3.05, 3.63) is 81.5 Å². The van der Waals surface area contributed by atoms with Crippen molar-refractivity contribution in [2.24, 2.45) is 0 Å². The van der Waals surface area contributed by atoms with Gasteiger partial charge in [0.15, 0.2) is 5.60 Å². The van der Waals surface area contributed by atoms with Crippen molar-refractivity contribution in [3.63, 3.8) is 0 Å². The molecule has 1 aromatic carbocycles. The molecule has 3 aromatic rings. The van der Waals surface area contributed by atoms with Gasteiger partial charge in [0.05, 0.1) is 0 Å². The molecule has 1 N–H and O–H groups in total. The van der Waals surface area contributed by atoms with E-state index in [2.05, 4.69) is 9.97 Å². The molecule has 0 radical (unpaired) electrons. The Hall–Kier alpha value is -1.75. The van der Waals surface area contributed by atoms with Crippen molar-refractivity contribution in [3.8, 4) is 0 Å². The van der Waals surface area contributed by atoms with Gasteiger partial charge in [-0.15, -0.1) is 11.3 Å². The molecule has 0 bridgehead atoms. The Kier molecular flexibility index (Phi) is 3.53. The van der Waals surface area contributed by atoms with Crippen LogP contribution in [0.2, 0.25) is 5.02 Å². The number of halogens is 1. The molecule has 0 amide bonds. The Balaban J connectivity index is 2.21. The molecular weight excluding hydrogens is 292 g/mol. The van der Waals surface area contributed by atoms with Crippen molar-refractivity contribution < 1.29 is 5.11 Å². The van der Waals surface area contributed by atoms with Crippen molar-refractivity contribution >= 4 is 22.9 Å². The Morgan fingerprint density at radius 3 is 2.45 bits per heavy atom. The van der Waals surface area contributed by atoms with E-state index >= 15 is 0 Å². The second-order valence-corrected chi connectivity index (χ2v) is 5.63. The minimum Gasteiger partial charge on any atom is -0.374 e. The number of rotatable bonds is 3. The lowest BCUT2D eigenvalue weighted by Gasteiger charge is -2.26. The normalized spacial score (nSPS) is 13.9. The first-order valence-electron chi connectivity index (χ1n) is 6.00. The number of hydrogen-bond acceptors (Lipinski definition) is 4. The maximum atomic E-state index is 11.3. The summed E-state index contributed by atoms with van der Waals surface area (Å²) in [7, 11) is 0. The van der Waals surface area contributed by atoms with E-state index < -0.39 is 5.60 Å². The maximum Gasteiger partial charge on any atom is 0.168 e. The lowest BCUT2D eigenvalue weighted by molar-refractivity contribution is 0.125. The predicted molar refractivity (Wildman–Crippen MR) is 79.9 cm³/mol. The minimum atomic E-state index is -1.31. The average molecular weight is 303 g/mol.